The van der Waals surface area contributed by atoms with Crippen LogP contribution < -0.4 is 4.90 Å². The molecule has 3 heterocycles. The summed E-state index contributed by atoms with van der Waals surface area (Å²) in [5, 5.41) is 9.25. The minimum atomic E-state index is 0.836. The molecule has 4 nitrogen and oxygen atoms in total. The average molecular weight is 869 g/mol. The van der Waals surface area contributed by atoms with Crippen molar-refractivity contribution in [3.63, 3.8) is 0 Å². The fraction of sp³-hybridized carbons (Fsp3) is 0. The summed E-state index contributed by atoms with van der Waals surface area (Å²) in [5.41, 5.74) is 16.6. The van der Waals surface area contributed by atoms with Gasteiger partial charge in [0.15, 0.2) is 0 Å². The second kappa shape index (κ2) is 15.2. The van der Waals surface area contributed by atoms with Crippen molar-refractivity contribution in [3.05, 3.63) is 243 Å². The summed E-state index contributed by atoms with van der Waals surface area (Å²) in [6, 6.07) is 86.8. The van der Waals surface area contributed by atoms with Crippen molar-refractivity contribution in [2.24, 2.45) is 0 Å². The molecule has 0 unspecified atom stereocenters. The van der Waals surface area contributed by atoms with Gasteiger partial charge in [0.25, 0.3) is 0 Å². The van der Waals surface area contributed by atoms with Gasteiger partial charge in [0.2, 0.25) is 0 Å². The molecular formula is C64H40N2O2. The van der Waals surface area contributed by atoms with Crippen LogP contribution in [0.4, 0.5) is 17.1 Å². The third kappa shape index (κ3) is 5.87. The van der Waals surface area contributed by atoms with Gasteiger partial charge in [0.1, 0.15) is 22.3 Å². The first-order chi connectivity index (χ1) is 33.7. The van der Waals surface area contributed by atoms with Gasteiger partial charge in [0.05, 0.1) is 27.8 Å². The van der Waals surface area contributed by atoms with Crippen LogP contribution in [0.5, 0.6) is 0 Å². The molecular weight excluding hydrogens is 829 g/mol. The summed E-state index contributed by atoms with van der Waals surface area (Å²) in [7, 11) is 0. The fourth-order valence-electron chi connectivity index (χ4n) is 10.7. The lowest BCUT2D eigenvalue weighted by Crippen LogP contribution is -2.10. The number of rotatable bonds is 7. The highest BCUT2D eigenvalue weighted by molar-refractivity contribution is 6.18. The van der Waals surface area contributed by atoms with Crippen LogP contribution >= 0.6 is 0 Å². The van der Waals surface area contributed by atoms with Gasteiger partial charge < -0.3 is 18.3 Å². The Balaban J connectivity index is 0.977. The first kappa shape index (κ1) is 38.2. The van der Waals surface area contributed by atoms with E-state index < -0.39 is 0 Å². The van der Waals surface area contributed by atoms with E-state index >= 15 is 0 Å². The summed E-state index contributed by atoms with van der Waals surface area (Å²) in [6.07, 6.45) is 0. The van der Waals surface area contributed by atoms with E-state index in [1.165, 1.54) is 27.1 Å². The number of hydrogen-bond acceptors (Lipinski definition) is 3. The molecule has 0 spiro atoms. The minimum absolute atomic E-state index is 0.836. The van der Waals surface area contributed by atoms with Crippen LogP contribution in [-0.2, 0) is 0 Å². The highest BCUT2D eigenvalue weighted by Gasteiger charge is 2.25. The van der Waals surface area contributed by atoms with Gasteiger partial charge in [-0.1, -0.05) is 176 Å². The molecule has 0 aliphatic rings. The van der Waals surface area contributed by atoms with Crippen LogP contribution in [-0.4, -0.2) is 4.57 Å². The maximum absolute atomic E-state index is 7.06. The van der Waals surface area contributed by atoms with Crippen LogP contribution in [0.3, 0.4) is 0 Å². The Kier molecular flexibility index (Phi) is 8.55. The molecule has 0 radical (unpaired) electrons. The topological polar surface area (TPSA) is 34.5 Å². The zero-order valence-electron chi connectivity index (χ0n) is 36.8. The predicted octanol–water partition coefficient (Wildman–Crippen LogP) is 18.2. The summed E-state index contributed by atoms with van der Waals surface area (Å²) in [6.45, 7) is 0. The number of hydrogen-bond donors (Lipinski definition) is 0. The second-order valence-electron chi connectivity index (χ2n) is 17.6. The van der Waals surface area contributed by atoms with E-state index in [1.807, 2.05) is 12.1 Å². The Hall–Kier alpha value is -9.12. The molecule has 11 aromatic carbocycles. The number of benzene rings is 11. The molecule has 4 heteroatoms. The summed E-state index contributed by atoms with van der Waals surface area (Å²) in [5.74, 6) is 0. The van der Waals surface area contributed by atoms with Gasteiger partial charge in [-0.05, 0) is 94.2 Å². The van der Waals surface area contributed by atoms with E-state index in [4.69, 9.17) is 8.83 Å². The SMILES string of the molecule is c1ccc(-n2c3ccccc3c3ccccc32)c(-c2ccc(N(c3ccc(-c4cccc5ccccc45)cc3)c3ccc(-c4cccc5c4oc4ccccc45)cc3)c3c2oc2ccccc23)c1. The third-order valence-electron chi connectivity index (χ3n) is 13.8. The van der Waals surface area contributed by atoms with Crippen molar-refractivity contribution in [1.82, 2.24) is 4.57 Å². The smallest absolute Gasteiger partial charge is 0.145 e. The molecule has 0 atom stereocenters. The molecule has 68 heavy (non-hydrogen) atoms. The third-order valence-corrected chi connectivity index (χ3v) is 13.8. The van der Waals surface area contributed by atoms with Crippen molar-refractivity contribution >= 4 is 93.5 Å². The lowest BCUT2D eigenvalue weighted by molar-refractivity contribution is 0.669. The molecule has 0 bridgehead atoms. The number of aromatic nitrogens is 1. The van der Waals surface area contributed by atoms with E-state index in [0.29, 0.717) is 0 Å². The van der Waals surface area contributed by atoms with Gasteiger partial charge in [-0.25, -0.2) is 0 Å². The molecule has 3 aromatic heterocycles. The van der Waals surface area contributed by atoms with Gasteiger partial charge >= 0.3 is 0 Å². The minimum Gasteiger partial charge on any atom is -0.455 e. The van der Waals surface area contributed by atoms with Crippen LogP contribution in [0, 0.1) is 0 Å². The maximum Gasteiger partial charge on any atom is 0.145 e. The molecule has 0 saturated carbocycles. The Morgan fingerprint density at radius 2 is 0.809 bits per heavy atom. The quantitative estimate of drug-likeness (QED) is 0.160. The number of anilines is 3. The van der Waals surface area contributed by atoms with Crippen LogP contribution in [0.1, 0.15) is 0 Å². The van der Waals surface area contributed by atoms with Crippen molar-refractivity contribution in [3.8, 4) is 39.1 Å². The fourth-order valence-corrected chi connectivity index (χ4v) is 10.7. The van der Waals surface area contributed by atoms with Gasteiger partial charge in [-0.3, -0.25) is 0 Å². The zero-order valence-corrected chi connectivity index (χ0v) is 36.8. The molecule has 0 saturated heterocycles. The highest BCUT2D eigenvalue weighted by Crippen LogP contribution is 2.48. The first-order valence-electron chi connectivity index (χ1n) is 23.2. The molecule has 14 aromatic rings. The standard InChI is InChI=1S/C64H40N2O2/c1-2-17-46-41(15-1)16-13-23-47(46)42-31-35-44(36-32-42)65(45-37-33-43(34-38-45)48-24-14-25-53-52-21-6-11-29-60(52)67-63(48)53)59-40-39-54(64-62(59)55-22-7-12-30-61(55)68-64)51-20-5-10-28-58(51)66-56-26-8-3-18-49(56)50-19-4-9-27-57(50)66/h1-40H. The van der Waals surface area contributed by atoms with E-state index in [2.05, 4.69) is 240 Å². The van der Waals surface area contributed by atoms with E-state index in [9.17, 15) is 0 Å². The number of nitrogens with zero attached hydrogens (tertiary/aromatic N) is 2. The molecule has 0 fully saturated rings. The Bertz CT molecular complexity index is 4210. The summed E-state index contributed by atoms with van der Waals surface area (Å²) >= 11 is 0. The van der Waals surface area contributed by atoms with Gasteiger partial charge in [-0.2, -0.15) is 0 Å². The van der Waals surface area contributed by atoms with Crippen molar-refractivity contribution in [1.29, 1.82) is 0 Å². The largest absolute Gasteiger partial charge is 0.455 e. The lowest BCUT2D eigenvalue weighted by Gasteiger charge is -2.27. The summed E-state index contributed by atoms with van der Waals surface area (Å²) in [4.78, 5) is 2.38. The van der Waals surface area contributed by atoms with Crippen LogP contribution in [0.2, 0.25) is 0 Å². The Labute approximate surface area is 391 Å². The van der Waals surface area contributed by atoms with Crippen molar-refractivity contribution < 1.29 is 8.83 Å². The number of furan rings is 2. The highest BCUT2D eigenvalue weighted by atomic mass is 16.3. The Morgan fingerprint density at radius 1 is 0.309 bits per heavy atom. The first-order valence-corrected chi connectivity index (χ1v) is 23.2. The molecule has 0 aliphatic heterocycles. The monoisotopic (exact) mass is 868 g/mol. The number of fused-ring (bicyclic) bond motifs is 10. The molecule has 0 aliphatic carbocycles. The molecule has 318 valence electrons. The predicted molar refractivity (Wildman–Crippen MR) is 284 cm³/mol. The van der Waals surface area contributed by atoms with Gasteiger partial charge in [0, 0.05) is 55.0 Å². The molecule has 0 amide bonds. The molecule has 14 rings (SSSR count). The van der Waals surface area contributed by atoms with E-state index in [1.54, 1.807) is 0 Å². The molecule has 0 N–H and O–H groups in total. The average Bonchev–Trinajstić information content (AvgIpc) is 4.10. The van der Waals surface area contributed by atoms with Crippen LogP contribution in [0.25, 0.3) is 116 Å². The zero-order chi connectivity index (χ0) is 44.7. The van der Waals surface area contributed by atoms with Gasteiger partial charge in [-0.15, -0.1) is 0 Å². The normalized spacial score (nSPS) is 11.8. The van der Waals surface area contributed by atoms with Crippen molar-refractivity contribution in [2.75, 3.05) is 4.90 Å². The Morgan fingerprint density at radius 3 is 1.54 bits per heavy atom. The number of para-hydroxylation sites is 6. The second-order valence-corrected chi connectivity index (χ2v) is 17.6. The maximum atomic E-state index is 7.06. The van der Waals surface area contributed by atoms with Crippen LogP contribution in [0.15, 0.2) is 251 Å². The van der Waals surface area contributed by atoms with E-state index in [-0.39, 0.29) is 0 Å². The summed E-state index contributed by atoms with van der Waals surface area (Å²) < 4.78 is 16.0. The lowest BCUT2D eigenvalue weighted by atomic mass is 9.97. The van der Waals surface area contributed by atoms with E-state index in [0.717, 1.165) is 105 Å². The van der Waals surface area contributed by atoms with Crippen molar-refractivity contribution in [2.45, 2.75) is 0 Å².